The first-order valence-corrected chi connectivity index (χ1v) is 6.36. The number of aromatic nitrogens is 1. The Morgan fingerprint density at radius 2 is 1.94 bits per heavy atom. The van der Waals surface area contributed by atoms with Crippen molar-refractivity contribution in [2.24, 2.45) is 0 Å². The minimum atomic E-state index is -0.901. The Kier molecular flexibility index (Phi) is 3.79. The molecule has 0 aliphatic heterocycles. The van der Waals surface area contributed by atoms with Crippen LogP contribution in [0.1, 0.15) is 11.1 Å². The van der Waals surface area contributed by atoms with E-state index in [2.05, 4.69) is 22.6 Å². The number of nitrogens with zero attached hydrogens (tertiary/aromatic N) is 1. The van der Waals surface area contributed by atoms with Gasteiger partial charge in [0.05, 0.1) is 6.54 Å². The lowest BCUT2D eigenvalue weighted by molar-refractivity contribution is 0.506. The van der Waals surface area contributed by atoms with Gasteiger partial charge in [-0.1, -0.05) is 6.07 Å². The zero-order chi connectivity index (χ0) is 13.3. The second kappa shape index (κ2) is 5.17. The molecule has 0 N–H and O–H groups in total. The summed E-state index contributed by atoms with van der Waals surface area (Å²) in [6, 6.07) is 5.17. The molecular formula is C13H10F2INO. The molecule has 0 amide bonds. The van der Waals surface area contributed by atoms with Gasteiger partial charge in [0.2, 0.25) is 0 Å². The first-order chi connectivity index (χ1) is 8.47. The van der Waals surface area contributed by atoms with Gasteiger partial charge in [-0.3, -0.25) is 4.79 Å². The van der Waals surface area contributed by atoms with Crippen molar-refractivity contribution >= 4 is 22.6 Å². The summed E-state index contributed by atoms with van der Waals surface area (Å²) in [4.78, 5) is 11.7. The minimum Gasteiger partial charge on any atom is -0.310 e. The number of halogens is 3. The Morgan fingerprint density at radius 3 is 2.61 bits per heavy atom. The number of aryl methyl sites for hydroxylation is 1. The molecule has 0 aliphatic rings. The van der Waals surface area contributed by atoms with Crippen LogP contribution in [-0.4, -0.2) is 4.57 Å². The van der Waals surface area contributed by atoms with Gasteiger partial charge in [0, 0.05) is 15.8 Å². The van der Waals surface area contributed by atoms with E-state index in [0.717, 1.165) is 21.3 Å². The van der Waals surface area contributed by atoms with Gasteiger partial charge in [0.15, 0.2) is 11.6 Å². The van der Waals surface area contributed by atoms with Crippen LogP contribution in [-0.2, 0) is 6.54 Å². The molecule has 0 saturated carbocycles. The average Bonchev–Trinajstić information content (AvgIpc) is 2.31. The molecule has 2 aromatic rings. The summed E-state index contributed by atoms with van der Waals surface area (Å²) in [6.45, 7) is 2.08. The molecule has 2 nitrogen and oxygen atoms in total. The molecule has 94 valence electrons. The molecule has 1 heterocycles. The van der Waals surface area contributed by atoms with Gasteiger partial charge < -0.3 is 4.57 Å². The lowest BCUT2D eigenvalue weighted by Crippen LogP contribution is -2.20. The zero-order valence-electron chi connectivity index (χ0n) is 9.58. The second-order valence-electron chi connectivity index (χ2n) is 4.02. The van der Waals surface area contributed by atoms with Crippen molar-refractivity contribution in [2.45, 2.75) is 13.5 Å². The Bertz CT molecular complexity index is 652. The van der Waals surface area contributed by atoms with Crippen molar-refractivity contribution in [1.82, 2.24) is 4.57 Å². The van der Waals surface area contributed by atoms with Crippen LogP contribution in [0.5, 0.6) is 0 Å². The molecule has 2 rings (SSSR count). The standard InChI is InChI=1S/C13H10F2INO/c1-8-4-13(18)17(7-12(8)16)6-9-2-3-10(14)11(15)5-9/h2-5,7H,6H2,1H3. The van der Waals surface area contributed by atoms with Crippen LogP contribution in [0.15, 0.2) is 35.3 Å². The Labute approximate surface area is 116 Å². The molecule has 0 bridgehead atoms. The monoisotopic (exact) mass is 361 g/mol. The van der Waals surface area contributed by atoms with Crippen molar-refractivity contribution in [3.63, 3.8) is 0 Å². The van der Waals surface area contributed by atoms with Crippen LogP contribution in [0.25, 0.3) is 0 Å². The lowest BCUT2D eigenvalue weighted by atomic mass is 10.2. The maximum absolute atomic E-state index is 13.1. The molecule has 0 saturated heterocycles. The molecule has 0 spiro atoms. The van der Waals surface area contributed by atoms with Crippen LogP contribution >= 0.6 is 22.6 Å². The van der Waals surface area contributed by atoms with Gasteiger partial charge in [-0.2, -0.15) is 0 Å². The number of pyridine rings is 1. The van der Waals surface area contributed by atoms with E-state index in [1.165, 1.54) is 16.7 Å². The molecule has 1 aromatic carbocycles. The van der Waals surface area contributed by atoms with Gasteiger partial charge in [0.25, 0.3) is 5.56 Å². The largest absolute Gasteiger partial charge is 0.310 e. The summed E-state index contributed by atoms with van der Waals surface area (Å²) < 4.78 is 28.3. The highest BCUT2D eigenvalue weighted by Crippen LogP contribution is 2.11. The smallest absolute Gasteiger partial charge is 0.251 e. The Balaban J connectivity index is 2.37. The van der Waals surface area contributed by atoms with Crippen LogP contribution in [0.3, 0.4) is 0 Å². The van der Waals surface area contributed by atoms with E-state index in [1.54, 1.807) is 6.20 Å². The topological polar surface area (TPSA) is 22.0 Å². The average molecular weight is 361 g/mol. The van der Waals surface area contributed by atoms with Crippen LogP contribution in [0.2, 0.25) is 0 Å². The molecule has 5 heteroatoms. The first kappa shape index (κ1) is 13.2. The fourth-order valence-electron chi connectivity index (χ4n) is 1.60. The molecule has 0 unspecified atom stereocenters. The van der Waals surface area contributed by atoms with Crippen molar-refractivity contribution in [3.8, 4) is 0 Å². The summed E-state index contributed by atoms with van der Waals surface area (Å²) in [5, 5.41) is 0. The second-order valence-corrected chi connectivity index (χ2v) is 5.18. The molecular weight excluding hydrogens is 351 g/mol. The summed E-state index contributed by atoms with van der Waals surface area (Å²) in [5.74, 6) is -1.79. The van der Waals surface area contributed by atoms with Gasteiger partial charge in [-0.25, -0.2) is 8.78 Å². The van der Waals surface area contributed by atoms with Crippen LogP contribution in [0, 0.1) is 22.1 Å². The zero-order valence-corrected chi connectivity index (χ0v) is 11.7. The predicted octanol–water partition coefficient (Wildman–Crippen LogP) is 3.09. The third kappa shape index (κ3) is 2.77. The number of hydrogen-bond donors (Lipinski definition) is 0. The van der Waals surface area contributed by atoms with E-state index in [0.29, 0.717) is 5.56 Å². The number of rotatable bonds is 2. The molecule has 0 aliphatic carbocycles. The molecule has 0 atom stereocenters. The van der Waals surface area contributed by atoms with Crippen LogP contribution in [0.4, 0.5) is 8.78 Å². The van der Waals surface area contributed by atoms with Gasteiger partial charge >= 0.3 is 0 Å². The van der Waals surface area contributed by atoms with Gasteiger partial charge in [-0.15, -0.1) is 0 Å². The SMILES string of the molecule is Cc1cc(=O)n(Cc2ccc(F)c(F)c2)cc1I. The maximum atomic E-state index is 13.1. The minimum absolute atomic E-state index is 0.155. The van der Waals surface area contributed by atoms with E-state index >= 15 is 0 Å². The molecule has 0 radical (unpaired) electrons. The van der Waals surface area contributed by atoms with E-state index in [-0.39, 0.29) is 12.1 Å². The number of hydrogen-bond acceptors (Lipinski definition) is 1. The van der Waals surface area contributed by atoms with Crippen molar-refractivity contribution < 1.29 is 8.78 Å². The Hall–Kier alpha value is -1.24. The fraction of sp³-hybridized carbons (Fsp3) is 0.154. The summed E-state index contributed by atoms with van der Waals surface area (Å²) in [6.07, 6.45) is 1.71. The van der Waals surface area contributed by atoms with E-state index in [9.17, 15) is 13.6 Å². The highest BCUT2D eigenvalue weighted by atomic mass is 127. The van der Waals surface area contributed by atoms with Crippen LogP contribution < -0.4 is 5.56 Å². The van der Waals surface area contributed by atoms with Gasteiger partial charge in [0.1, 0.15) is 0 Å². The quantitative estimate of drug-likeness (QED) is 0.754. The predicted molar refractivity (Wildman–Crippen MR) is 73.6 cm³/mol. The van der Waals surface area contributed by atoms with Crippen molar-refractivity contribution in [2.75, 3.05) is 0 Å². The first-order valence-electron chi connectivity index (χ1n) is 5.28. The van der Waals surface area contributed by atoms with Gasteiger partial charge in [-0.05, 0) is 52.8 Å². The van der Waals surface area contributed by atoms with E-state index in [4.69, 9.17) is 0 Å². The highest BCUT2D eigenvalue weighted by molar-refractivity contribution is 14.1. The molecule has 0 fully saturated rings. The third-order valence-electron chi connectivity index (χ3n) is 2.61. The third-order valence-corrected chi connectivity index (χ3v) is 3.74. The lowest BCUT2D eigenvalue weighted by Gasteiger charge is -2.08. The maximum Gasteiger partial charge on any atom is 0.251 e. The van der Waals surface area contributed by atoms with E-state index < -0.39 is 11.6 Å². The Morgan fingerprint density at radius 1 is 1.22 bits per heavy atom. The molecule has 1 aromatic heterocycles. The highest BCUT2D eigenvalue weighted by Gasteiger charge is 2.05. The normalized spacial score (nSPS) is 10.7. The summed E-state index contributed by atoms with van der Waals surface area (Å²) in [5.41, 5.74) is 1.30. The number of benzene rings is 1. The fourth-order valence-corrected chi connectivity index (χ4v) is 2.09. The summed E-state index contributed by atoms with van der Waals surface area (Å²) >= 11 is 2.13. The van der Waals surface area contributed by atoms with Crippen molar-refractivity contribution in [1.29, 1.82) is 0 Å². The molecule has 18 heavy (non-hydrogen) atoms. The van der Waals surface area contributed by atoms with E-state index in [1.807, 2.05) is 6.92 Å². The summed E-state index contributed by atoms with van der Waals surface area (Å²) in [7, 11) is 0. The van der Waals surface area contributed by atoms with Crippen molar-refractivity contribution in [3.05, 3.63) is 67.1 Å².